The van der Waals surface area contributed by atoms with E-state index >= 15 is 0 Å². The second kappa shape index (κ2) is 5.32. The summed E-state index contributed by atoms with van der Waals surface area (Å²) < 4.78 is 1.48. The number of halogens is 1. The molecule has 1 saturated heterocycles. The number of nitrogens with zero attached hydrogens (tertiary/aromatic N) is 7. The third-order valence-electron chi connectivity index (χ3n) is 3.66. The predicted molar refractivity (Wildman–Crippen MR) is 74.9 cm³/mol. The van der Waals surface area contributed by atoms with Crippen LogP contribution in [0.1, 0.15) is 20.3 Å². The van der Waals surface area contributed by atoms with E-state index in [1.807, 2.05) is 0 Å². The Bertz CT molecular complexity index is 583. The van der Waals surface area contributed by atoms with Crippen molar-refractivity contribution in [1.82, 2.24) is 29.7 Å². The fourth-order valence-corrected chi connectivity index (χ4v) is 2.55. The highest BCUT2D eigenvalue weighted by atomic mass is 35.5. The first kappa shape index (κ1) is 13.2. The summed E-state index contributed by atoms with van der Waals surface area (Å²) in [7, 11) is 0. The fourth-order valence-electron chi connectivity index (χ4n) is 2.40. The van der Waals surface area contributed by atoms with Gasteiger partial charge < -0.3 is 4.90 Å². The van der Waals surface area contributed by atoms with Crippen molar-refractivity contribution < 1.29 is 0 Å². The molecule has 1 aliphatic heterocycles. The summed E-state index contributed by atoms with van der Waals surface area (Å²) in [5.74, 6) is 2.33. The highest BCUT2D eigenvalue weighted by molar-refractivity contribution is 6.28. The maximum atomic E-state index is 5.99. The zero-order valence-electron chi connectivity index (χ0n) is 11.4. The van der Waals surface area contributed by atoms with Gasteiger partial charge in [0.2, 0.25) is 11.2 Å². The van der Waals surface area contributed by atoms with E-state index < -0.39 is 0 Å². The lowest BCUT2D eigenvalue weighted by molar-refractivity contribution is 0.422. The van der Waals surface area contributed by atoms with E-state index in [1.165, 1.54) is 17.3 Å². The van der Waals surface area contributed by atoms with Gasteiger partial charge in [0, 0.05) is 13.1 Å². The van der Waals surface area contributed by atoms with E-state index in [-0.39, 0.29) is 5.28 Å². The molecule has 0 aliphatic carbocycles. The van der Waals surface area contributed by atoms with Crippen LogP contribution in [0.4, 0.5) is 5.95 Å². The maximum absolute atomic E-state index is 5.99. The molecule has 106 valence electrons. The molecule has 8 heteroatoms. The van der Waals surface area contributed by atoms with Gasteiger partial charge in [-0.25, -0.2) is 4.98 Å². The second-order valence-electron chi connectivity index (χ2n) is 5.28. The number of hydrogen-bond acceptors (Lipinski definition) is 6. The van der Waals surface area contributed by atoms with Gasteiger partial charge in [0.05, 0.1) is 0 Å². The highest BCUT2D eigenvalue weighted by Gasteiger charge is 2.27. The van der Waals surface area contributed by atoms with Gasteiger partial charge in [0.15, 0.2) is 0 Å². The largest absolute Gasteiger partial charge is 0.340 e. The third kappa shape index (κ3) is 2.58. The Balaban J connectivity index is 1.87. The van der Waals surface area contributed by atoms with Gasteiger partial charge in [-0.05, 0) is 29.9 Å². The Morgan fingerprint density at radius 1 is 1.25 bits per heavy atom. The molecule has 0 aromatic carbocycles. The zero-order chi connectivity index (χ0) is 14.1. The van der Waals surface area contributed by atoms with Gasteiger partial charge in [-0.3, -0.25) is 0 Å². The van der Waals surface area contributed by atoms with E-state index in [0.717, 1.165) is 19.5 Å². The van der Waals surface area contributed by atoms with Crippen LogP contribution in [-0.2, 0) is 0 Å². The standard InChI is InChI=1S/C12H16ClN7/c1-8(2)9-3-4-19(5-9)11-16-10(13)17-12(18-11)20-7-14-6-15-20/h6-9H,3-5H2,1-2H3. The summed E-state index contributed by atoms with van der Waals surface area (Å²) in [5, 5.41) is 4.19. The second-order valence-corrected chi connectivity index (χ2v) is 5.62. The highest BCUT2D eigenvalue weighted by Crippen LogP contribution is 2.26. The van der Waals surface area contributed by atoms with Crippen LogP contribution in [0.25, 0.3) is 5.95 Å². The lowest BCUT2D eigenvalue weighted by atomic mass is 9.95. The van der Waals surface area contributed by atoms with Crippen LogP contribution >= 0.6 is 11.6 Å². The summed E-state index contributed by atoms with van der Waals surface area (Å²) in [4.78, 5) is 18.8. The van der Waals surface area contributed by atoms with Gasteiger partial charge in [0.25, 0.3) is 5.95 Å². The van der Waals surface area contributed by atoms with E-state index in [2.05, 4.69) is 43.8 Å². The molecule has 1 fully saturated rings. The first-order valence-corrected chi connectivity index (χ1v) is 7.03. The summed E-state index contributed by atoms with van der Waals surface area (Å²) in [5.41, 5.74) is 0. The number of aromatic nitrogens is 6. The Labute approximate surface area is 122 Å². The van der Waals surface area contributed by atoms with Crippen molar-refractivity contribution in [2.24, 2.45) is 11.8 Å². The van der Waals surface area contributed by atoms with Crippen LogP contribution < -0.4 is 4.90 Å². The fraction of sp³-hybridized carbons (Fsp3) is 0.583. The monoisotopic (exact) mass is 293 g/mol. The van der Waals surface area contributed by atoms with Crippen molar-refractivity contribution in [3.63, 3.8) is 0 Å². The summed E-state index contributed by atoms with van der Waals surface area (Å²) >= 11 is 5.99. The molecule has 2 aromatic heterocycles. The van der Waals surface area contributed by atoms with Crippen LogP contribution in [0.5, 0.6) is 0 Å². The smallest absolute Gasteiger partial charge is 0.258 e. The summed E-state index contributed by atoms with van der Waals surface area (Å²) in [6, 6.07) is 0. The van der Waals surface area contributed by atoms with Crippen molar-refractivity contribution in [2.45, 2.75) is 20.3 Å². The maximum Gasteiger partial charge on any atom is 0.258 e. The Kier molecular flexibility index (Phi) is 3.52. The number of rotatable bonds is 3. The van der Waals surface area contributed by atoms with Crippen LogP contribution in [0.3, 0.4) is 0 Å². The van der Waals surface area contributed by atoms with Crippen LogP contribution in [0.15, 0.2) is 12.7 Å². The molecule has 0 spiro atoms. The Hall–Kier alpha value is -1.76. The zero-order valence-corrected chi connectivity index (χ0v) is 12.2. The lowest BCUT2D eigenvalue weighted by Gasteiger charge is -2.18. The molecule has 1 atom stereocenters. The topological polar surface area (TPSA) is 72.6 Å². The van der Waals surface area contributed by atoms with Gasteiger partial charge in [-0.15, -0.1) is 0 Å². The lowest BCUT2D eigenvalue weighted by Crippen LogP contribution is -2.24. The summed E-state index contributed by atoms with van der Waals surface area (Å²) in [6.07, 6.45) is 4.12. The molecule has 20 heavy (non-hydrogen) atoms. The number of hydrogen-bond donors (Lipinski definition) is 0. The Morgan fingerprint density at radius 3 is 2.70 bits per heavy atom. The van der Waals surface area contributed by atoms with Crippen molar-refractivity contribution in [3.05, 3.63) is 17.9 Å². The molecule has 1 aliphatic rings. The first-order chi connectivity index (χ1) is 9.63. The van der Waals surface area contributed by atoms with E-state index in [1.54, 1.807) is 0 Å². The minimum atomic E-state index is 0.175. The quantitative estimate of drug-likeness (QED) is 0.855. The number of anilines is 1. The molecule has 0 bridgehead atoms. The van der Waals surface area contributed by atoms with Gasteiger partial charge >= 0.3 is 0 Å². The average Bonchev–Trinajstić information content (AvgIpc) is 3.10. The van der Waals surface area contributed by atoms with Gasteiger partial charge in [-0.1, -0.05) is 13.8 Å². The minimum absolute atomic E-state index is 0.175. The van der Waals surface area contributed by atoms with Crippen LogP contribution in [0.2, 0.25) is 5.28 Å². The van der Waals surface area contributed by atoms with Crippen LogP contribution in [-0.4, -0.2) is 42.8 Å². The molecule has 0 amide bonds. The molecule has 0 N–H and O–H groups in total. The van der Waals surface area contributed by atoms with E-state index in [9.17, 15) is 0 Å². The Morgan fingerprint density at radius 2 is 2.05 bits per heavy atom. The van der Waals surface area contributed by atoms with E-state index in [4.69, 9.17) is 11.6 Å². The molecule has 3 rings (SSSR count). The van der Waals surface area contributed by atoms with Crippen molar-refractivity contribution in [2.75, 3.05) is 18.0 Å². The van der Waals surface area contributed by atoms with Gasteiger partial charge in [0.1, 0.15) is 12.7 Å². The molecular formula is C12H16ClN7. The average molecular weight is 294 g/mol. The minimum Gasteiger partial charge on any atom is -0.340 e. The molecule has 2 aromatic rings. The first-order valence-electron chi connectivity index (χ1n) is 6.65. The molecular weight excluding hydrogens is 278 g/mol. The SMILES string of the molecule is CC(C)C1CCN(c2nc(Cl)nc(-n3cncn3)n2)C1. The van der Waals surface area contributed by atoms with Crippen molar-refractivity contribution in [3.8, 4) is 5.95 Å². The molecule has 1 unspecified atom stereocenters. The molecule has 3 heterocycles. The van der Waals surface area contributed by atoms with Gasteiger partial charge in [-0.2, -0.15) is 24.7 Å². The third-order valence-corrected chi connectivity index (χ3v) is 3.83. The van der Waals surface area contributed by atoms with Crippen molar-refractivity contribution >= 4 is 17.5 Å². The molecule has 0 saturated carbocycles. The van der Waals surface area contributed by atoms with Crippen LogP contribution in [0, 0.1) is 11.8 Å². The molecule has 7 nitrogen and oxygen atoms in total. The summed E-state index contributed by atoms with van der Waals surface area (Å²) in [6.45, 7) is 6.39. The molecule has 0 radical (unpaired) electrons. The normalized spacial score (nSPS) is 19.0. The van der Waals surface area contributed by atoms with E-state index in [0.29, 0.717) is 23.7 Å². The predicted octanol–water partition coefficient (Wildman–Crippen LogP) is 1.59. The van der Waals surface area contributed by atoms with Crippen molar-refractivity contribution in [1.29, 1.82) is 0 Å².